The zero-order valence-electron chi connectivity index (χ0n) is 20.7. The summed E-state index contributed by atoms with van der Waals surface area (Å²) < 4.78 is 60.1. The van der Waals surface area contributed by atoms with Gasteiger partial charge in [-0.05, 0) is 48.4 Å². The molecule has 3 heterocycles. The lowest BCUT2D eigenvalue weighted by atomic mass is 10.1. The monoisotopic (exact) mass is 571 g/mol. The Hall–Kier alpha value is -4.00. The molecule has 12 heteroatoms. The zero-order valence-corrected chi connectivity index (χ0v) is 22.3. The van der Waals surface area contributed by atoms with Crippen LogP contribution in [0.5, 0.6) is 5.75 Å². The van der Waals surface area contributed by atoms with Crippen LogP contribution in [0, 0.1) is 5.82 Å². The number of rotatable bonds is 9. The molecule has 2 aromatic carbocycles. The number of anilines is 1. The van der Waals surface area contributed by atoms with Gasteiger partial charge in [0, 0.05) is 36.4 Å². The second kappa shape index (κ2) is 10.6. The highest BCUT2D eigenvalue weighted by Gasteiger charge is 2.29. The maximum Gasteiger partial charge on any atom is 0.370 e. The molecule has 0 aliphatic carbocycles. The van der Waals surface area contributed by atoms with Gasteiger partial charge in [-0.1, -0.05) is 18.3 Å². The van der Waals surface area contributed by atoms with Gasteiger partial charge in [-0.3, -0.25) is 4.55 Å². The van der Waals surface area contributed by atoms with Gasteiger partial charge in [0.25, 0.3) is 15.1 Å². The summed E-state index contributed by atoms with van der Waals surface area (Å²) in [6.45, 7) is 1.50. The number of hydrogen-bond acceptors (Lipinski definition) is 7. The summed E-state index contributed by atoms with van der Waals surface area (Å²) in [6.07, 6.45) is 5.65. The van der Waals surface area contributed by atoms with E-state index in [0.717, 1.165) is 21.4 Å². The summed E-state index contributed by atoms with van der Waals surface area (Å²) in [5, 5.41) is 10.3. The standard InChI is InChI=1S/C27H23FN2O7S2/c1-2-17(12-25-29(9-11-39(33,34)35)20-15-19(28)6-7-23(20)37-25)13-26-30(16-27(31)32)21-14-18(5-8-24(21)38-26)22-4-3-10-36-22/h3-8,10,12-15H,2,9,11,16H2,1H3,(H-,31,32,33,34,35)/p+1. The van der Waals surface area contributed by atoms with E-state index in [9.17, 15) is 27.3 Å². The fraction of sp³-hybridized carbons (Fsp3) is 0.185. The summed E-state index contributed by atoms with van der Waals surface area (Å²) in [6, 6.07) is 13.2. The molecule has 0 amide bonds. The van der Waals surface area contributed by atoms with Gasteiger partial charge in [-0.15, -0.1) is 0 Å². The number of thiazole rings is 1. The summed E-state index contributed by atoms with van der Waals surface area (Å²) >= 11 is 1.42. The molecule has 39 heavy (non-hydrogen) atoms. The number of benzene rings is 2. The first kappa shape index (κ1) is 26.6. The van der Waals surface area contributed by atoms with Gasteiger partial charge in [0.1, 0.15) is 16.3 Å². The minimum atomic E-state index is -4.28. The van der Waals surface area contributed by atoms with Crippen LogP contribution < -0.4 is 14.2 Å². The lowest BCUT2D eigenvalue weighted by Crippen LogP contribution is -2.39. The van der Waals surface area contributed by atoms with Crippen LogP contribution in [0.25, 0.3) is 27.6 Å². The number of carbonyl (C=O) groups is 1. The fourth-order valence-corrected chi connectivity index (χ4v) is 5.82. The summed E-state index contributed by atoms with van der Waals surface area (Å²) in [5.41, 5.74) is 2.65. The molecule has 1 aliphatic heterocycles. The van der Waals surface area contributed by atoms with Crippen LogP contribution in [0.3, 0.4) is 0 Å². The molecule has 5 rings (SSSR count). The van der Waals surface area contributed by atoms with Crippen molar-refractivity contribution in [2.75, 3.05) is 17.2 Å². The molecule has 2 N–H and O–H groups in total. The van der Waals surface area contributed by atoms with Gasteiger partial charge >= 0.3 is 5.97 Å². The van der Waals surface area contributed by atoms with Crippen LogP contribution >= 0.6 is 11.3 Å². The Labute approximate surface area is 227 Å². The van der Waals surface area contributed by atoms with Crippen LogP contribution in [0.1, 0.15) is 18.4 Å². The number of ether oxygens (including phenoxy) is 1. The topological polar surface area (TPSA) is 121 Å². The second-order valence-electron chi connectivity index (χ2n) is 8.79. The van der Waals surface area contributed by atoms with Crippen LogP contribution in [0.2, 0.25) is 0 Å². The van der Waals surface area contributed by atoms with Crippen LogP contribution in [0.4, 0.5) is 10.1 Å². The van der Waals surface area contributed by atoms with Crippen molar-refractivity contribution in [1.29, 1.82) is 0 Å². The normalized spacial score (nSPS) is 14.7. The van der Waals surface area contributed by atoms with Gasteiger partial charge in [-0.25, -0.2) is 9.18 Å². The van der Waals surface area contributed by atoms with Crippen molar-refractivity contribution in [2.45, 2.75) is 19.9 Å². The third-order valence-electron chi connectivity index (χ3n) is 6.12. The highest BCUT2D eigenvalue weighted by Crippen LogP contribution is 2.40. The SMILES string of the molecule is CCC(=Cc1sc2ccc(-c3ccco3)cc2[n+]1CC(=O)O)C=C1Oc2ccc(F)cc2N1CCS(=O)(=O)O. The van der Waals surface area contributed by atoms with Gasteiger partial charge in [0.05, 0.1) is 17.7 Å². The third-order valence-corrected chi connectivity index (χ3v) is 7.93. The number of carboxylic acids is 1. The maximum atomic E-state index is 14.0. The largest absolute Gasteiger partial charge is 0.477 e. The Morgan fingerprint density at radius 1 is 1.21 bits per heavy atom. The highest BCUT2D eigenvalue weighted by atomic mass is 32.2. The van der Waals surface area contributed by atoms with Crippen molar-refractivity contribution < 1.29 is 41.0 Å². The summed E-state index contributed by atoms with van der Waals surface area (Å²) in [5.74, 6) is -0.819. The van der Waals surface area contributed by atoms with Crippen molar-refractivity contribution >= 4 is 49.4 Å². The molecule has 0 atom stereocenters. The van der Waals surface area contributed by atoms with E-state index in [2.05, 4.69) is 0 Å². The number of furan rings is 1. The van der Waals surface area contributed by atoms with Gasteiger partial charge in [-0.2, -0.15) is 13.0 Å². The second-order valence-corrected chi connectivity index (χ2v) is 11.4. The molecule has 2 aromatic heterocycles. The van der Waals surface area contributed by atoms with Gasteiger partial charge in [0.15, 0.2) is 5.75 Å². The molecule has 202 valence electrons. The zero-order chi connectivity index (χ0) is 27.7. The molecular formula is C27H24FN2O7S2+. The minimum Gasteiger partial charge on any atom is -0.477 e. The number of fused-ring (bicyclic) bond motifs is 2. The minimum absolute atomic E-state index is 0.157. The van der Waals surface area contributed by atoms with Crippen molar-refractivity contribution in [3.05, 3.63) is 83.2 Å². The molecule has 0 unspecified atom stereocenters. The molecule has 0 bridgehead atoms. The number of carboxylic acid groups (broad SMARTS) is 1. The van der Waals surface area contributed by atoms with Gasteiger partial charge in [0.2, 0.25) is 17.9 Å². The van der Waals surface area contributed by atoms with E-state index >= 15 is 0 Å². The van der Waals surface area contributed by atoms with Crippen molar-refractivity contribution in [3.8, 4) is 17.1 Å². The number of halogens is 1. The molecule has 1 aliphatic rings. The summed E-state index contributed by atoms with van der Waals surface area (Å²) in [7, 11) is -4.28. The summed E-state index contributed by atoms with van der Waals surface area (Å²) in [4.78, 5) is 13.3. The van der Waals surface area contributed by atoms with Crippen molar-refractivity contribution in [2.24, 2.45) is 0 Å². The number of aromatic nitrogens is 1. The molecular weight excluding hydrogens is 547 g/mol. The molecule has 4 aromatic rings. The average molecular weight is 572 g/mol. The molecule has 9 nitrogen and oxygen atoms in total. The first-order valence-corrected chi connectivity index (χ1v) is 14.4. The van der Waals surface area contributed by atoms with Crippen LogP contribution in [-0.2, 0) is 21.5 Å². The molecule has 0 spiro atoms. The van der Waals surface area contributed by atoms with Crippen LogP contribution in [0.15, 0.2) is 76.7 Å². The first-order chi connectivity index (χ1) is 18.6. The Kier molecular flexibility index (Phi) is 7.25. The predicted octanol–water partition coefficient (Wildman–Crippen LogP) is 5.09. The van der Waals surface area contributed by atoms with E-state index in [1.54, 1.807) is 23.0 Å². The Morgan fingerprint density at radius 3 is 2.72 bits per heavy atom. The van der Waals surface area contributed by atoms with E-state index in [0.29, 0.717) is 28.6 Å². The maximum absolute atomic E-state index is 14.0. The molecule has 0 saturated carbocycles. The predicted molar refractivity (Wildman–Crippen MR) is 144 cm³/mol. The third kappa shape index (κ3) is 5.87. The highest BCUT2D eigenvalue weighted by molar-refractivity contribution is 7.85. The van der Waals surface area contributed by atoms with E-state index < -0.39 is 27.7 Å². The fourth-order valence-electron chi connectivity index (χ4n) is 4.28. The number of nitrogens with zero attached hydrogens (tertiary/aromatic N) is 2. The molecule has 0 fully saturated rings. The average Bonchev–Trinajstić information content (AvgIpc) is 3.60. The number of allylic oxidation sites excluding steroid dienone is 2. The van der Waals surface area contributed by atoms with Gasteiger partial charge < -0.3 is 19.2 Å². The Balaban J connectivity index is 1.57. The quantitative estimate of drug-likeness (QED) is 0.210. The lowest BCUT2D eigenvalue weighted by molar-refractivity contribution is -0.657. The van der Waals surface area contributed by atoms with E-state index in [4.69, 9.17) is 9.15 Å². The number of hydrogen-bond donors (Lipinski definition) is 2. The van der Waals surface area contributed by atoms with E-state index in [-0.39, 0.29) is 19.0 Å². The molecule has 0 radical (unpaired) electrons. The Bertz CT molecular complexity index is 1720. The van der Waals surface area contributed by atoms with Crippen LogP contribution in [-0.4, -0.2) is 36.3 Å². The van der Waals surface area contributed by atoms with E-state index in [1.807, 2.05) is 37.3 Å². The lowest BCUT2D eigenvalue weighted by Gasteiger charge is -2.17. The van der Waals surface area contributed by atoms with Crippen molar-refractivity contribution in [1.82, 2.24) is 0 Å². The first-order valence-electron chi connectivity index (χ1n) is 12.0. The number of aliphatic carboxylic acids is 1. The van der Waals surface area contributed by atoms with Crippen molar-refractivity contribution in [3.63, 3.8) is 0 Å². The van der Waals surface area contributed by atoms with E-state index in [1.165, 1.54) is 34.4 Å². The molecule has 0 saturated heterocycles. The smallest absolute Gasteiger partial charge is 0.370 e. The Morgan fingerprint density at radius 2 is 2.03 bits per heavy atom.